The first-order chi connectivity index (χ1) is 9.47. The number of methoxy groups -OCH3 is 2. The predicted octanol–water partition coefficient (Wildman–Crippen LogP) is 0.525. The van der Waals surface area contributed by atoms with Gasteiger partial charge in [-0.25, -0.2) is 4.79 Å². The number of hydrogen-bond acceptors (Lipinski definition) is 6. The molecular formula is C13H17ClN2O5. The molecule has 21 heavy (non-hydrogen) atoms. The third-order valence-corrected chi connectivity index (χ3v) is 2.54. The summed E-state index contributed by atoms with van der Waals surface area (Å²) in [7, 11) is 2.36. The minimum absolute atomic E-state index is 0. The fourth-order valence-corrected chi connectivity index (χ4v) is 1.51. The van der Waals surface area contributed by atoms with Gasteiger partial charge in [0.1, 0.15) is 6.04 Å². The average Bonchev–Trinajstić information content (AvgIpc) is 2.45. The van der Waals surface area contributed by atoms with E-state index < -0.39 is 23.9 Å². The second-order valence-electron chi connectivity index (χ2n) is 3.95. The van der Waals surface area contributed by atoms with Crippen molar-refractivity contribution < 1.29 is 23.9 Å². The number of nitrogen functional groups attached to an aromatic ring is 1. The Bertz CT molecular complexity index is 521. The molecule has 0 saturated heterocycles. The van der Waals surface area contributed by atoms with E-state index in [2.05, 4.69) is 14.8 Å². The summed E-state index contributed by atoms with van der Waals surface area (Å²) in [6.45, 7) is 0. The fraction of sp³-hybridized carbons (Fsp3) is 0.308. The van der Waals surface area contributed by atoms with Crippen LogP contribution in [0.1, 0.15) is 16.8 Å². The molecule has 8 heteroatoms. The van der Waals surface area contributed by atoms with Gasteiger partial charge in [0.05, 0.1) is 20.6 Å². The van der Waals surface area contributed by atoms with Gasteiger partial charge < -0.3 is 20.5 Å². The van der Waals surface area contributed by atoms with Crippen LogP contribution >= 0.6 is 12.4 Å². The maximum Gasteiger partial charge on any atom is 0.328 e. The van der Waals surface area contributed by atoms with E-state index in [-0.39, 0.29) is 24.4 Å². The van der Waals surface area contributed by atoms with E-state index in [9.17, 15) is 14.4 Å². The Morgan fingerprint density at radius 3 is 2.43 bits per heavy atom. The molecule has 1 unspecified atom stereocenters. The molecule has 1 atom stereocenters. The molecule has 1 aromatic rings. The first-order valence-electron chi connectivity index (χ1n) is 5.79. The SMILES string of the molecule is COC(=O)CC(NC(=O)c1cccc(N)c1)C(=O)OC.Cl. The second-order valence-corrected chi connectivity index (χ2v) is 3.95. The van der Waals surface area contributed by atoms with Crippen LogP contribution in [-0.4, -0.2) is 38.1 Å². The molecule has 1 amide bonds. The molecule has 0 aliphatic carbocycles. The number of anilines is 1. The molecule has 0 radical (unpaired) electrons. The lowest BCUT2D eigenvalue weighted by Crippen LogP contribution is -2.43. The molecule has 0 spiro atoms. The molecule has 0 aliphatic heterocycles. The van der Waals surface area contributed by atoms with E-state index in [0.29, 0.717) is 5.69 Å². The Hall–Kier alpha value is -2.28. The second kappa shape index (κ2) is 8.80. The molecule has 1 aromatic carbocycles. The van der Waals surface area contributed by atoms with Crippen LogP contribution in [0.2, 0.25) is 0 Å². The van der Waals surface area contributed by atoms with Crippen molar-refractivity contribution in [1.82, 2.24) is 5.32 Å². The predicted molar refractivity (Wildman–Crippen MR) is 78.0 cm³/mol. The fourth-order valence-electron chi connectivity index (χ4n) is 1.51. The van der Waals surface area contributed by atoms with Crippen LogP contribution in [0, 0.1) is 0 Å². The summed E-state index contributed by atoms with van der Waals surface area (Å²) in [5.41, 5.74) is 6.27. The summed E-state index contributed by atoms with van der Waals surface area (Å²) in [5.74, 6) is -1.89. The van der Waals surface area contributed by atoms with E-state index in [1.807, 2.05) is 0 Å². The number of carbonyl (C=O) groups is 3. The van der Waals surface area contributed by atoms with Crippen LogP contribution in [0.25, 0.3) is 0 Å². The molecule has 3 N–H and O–H groups in total. The van der Waals surface area contributed by atoms with Gasteiger partial charge in [0.15, 0.2) is 0 Å². The topological polar surface area (TPSA) is 108 Å². The van der Waals surface area contributed by atoms with Crippen molar-refractivity contribution >= 4 is 35.9 Å². The molecule has 0 bridgehead atoms. The summed E-state index contributed by atoms with van der Waals surface area (Å²) in [6.07, 6.45) is -0.308. The van der Waals surface area contributed by atoms with Crippen molar-refractivity contribution in [2.75, 3.05) is 20.0 Å². The average molecular weight is 317 g/mol. The number of amides is 1. The number of carbonyl (C=O) groups excluding carboxylic acids is 3. The zero-order valence-corrected chi connectivity index (χ0v) is 12.4. The highest BCUT2D eigenvalue weighted by Crippen LogP contribution is 2.07. The van der Waals surface area contributed by atoms with E-state index in [4.69, 9.17) is 5.73 Å². The summed E-state index contributed by atoms with van der Waals surface area (Å²) in [5, 5.41) is 2.41. The van der Waals surface area contributed by atoms with Crippen LogP contribution < -0.4 is 11.1 Å². The minimum atomic E-state index is -1.11. The minimum Gasteiger partial charge on any atom is -0.469 e. The summed E-state index contributed by atoms with van der Waals surface area (Å²) < 4.78 is 9.00. The zero-order chi connectivity index (χ0) is 15.1. The van der Waals surface area contributed by atoms with E-state index >= 15 is 0 Å². The highest BCUT2D eigenvalue weighted by Gasteiger charge is 2.25. The van der Waals surface area contributed by atoms with Crippen LogP contribution in [0.15, 0.2) is 24.3 Å². The van der Waals surface area contributed by atoms with E-state index in [0.717, 1.165) is 0 Å². The van der Waals surface area contributed by atoms with Crippen LogP contribution in [0.5, 0.6) is 0 Å². The highest BCUT2D eigenvalue weighted by atomic mass is 35.5. The third kappa shape index (κ3) is 5.70. The van der Waals surface area contributed by atoms with E-state index in [1.165, 1.54) is 26.4 Å². The summed E-state index contributed by atoms with van der Waals surface area (Å²) >= 11 is 0. The lowest BCUT2D eigenvalue weighted by atomic mass is 10.1. The smallest absolute Gasteiger partial charge is 0.328 e. The van der Waals surface area contributed by atoms with Gasteiger partial charge in [-0.05, 0) is 18.2 Å². The summed E-state index contributed by atoms with van der Waals surface area (Å²) in [6, 6.07) is 5.13. The molecular weight excluding hydrogens is 300 g/mol. The number of nitrogens with two attached hydrogens (primary N) is 1. The van der Waals surface area contributed by atoms with Gasteiger partial charge in [-0.3, -0.25) is 9.59 Å². The van der Waals surface area contributed by atoms with Crippen molar-refractivity contribution in [3.8, 4) is 0 Å². The van der Waals surface area contributed by atoms with Gasteiger partial charge in [-0.2, -0.15) is 0 Å². The lowest BCUT2D eigenvalue weighted by Gasteiger charge is -2.15. The monoisotopic (exact) mass is 316 g/mol. The van der Waals surface area contributed by atoms with Crippen LogP contribution in [0.4, 0.5) is 5.69 Å². The first kappa shape index (κ1) is 18.7. The number of hydrogen-bond donors (Lipinski definition) is 2. The zero-order valence-electron chi connectivity index (χ0n) is 11.6. The Balaban J connectivity index is 0.00000400. The van der Waals surface area contributed by atoms with Crippen molar-refractivity contribution in [3.05, 3.63) is 29.8 Å². The van der Waals surface area contributed by atoms with Gasteiger partial charge >= 0.3 is 11.9 Å². The number of ether oxygens (including phenoxy) is 2. The molecule has 0 fully saturated rings. The Kier molecular flexibility index (Phi) is 7.85. The van der Waals surface area contributed by atoms with Gasteiger partial charge in [0, 0.05) is 11.3 Å². The maximum atomic E-state index is 12.0. The maximum absolute atomic E-state index is 12.0. The highest BCUT2D eigenvalue weighted by molar-refractivity contribution is 5.98. The number of benzene rings is 1. The van der Waals surface area contributed by atoms with Gasteiger partial charge in [-0.15, -0.1) is 12.4 Å². The number of halogens is 1. The Morgan fingerprint density at radius 2 is 1.90 bits per heavy atom. The van der Waals surface area contributed by atoms with Crippen molar-refractivity contribution in [1.29, 1.82) is 0 Å². The molecule has 0 aromatic heterocycles. The quantitative estimate of drug-likeness (QED) is 0.606. The van der Waals surface area contributed by atoms with Gasteiger partial charge in [-0.1, -0.05) is 6.07 Å². The Morgan fingerprint density at radius 1 is 1.24 bits per heavy atom. The van der Waals surface area contributed by atoms with Crippen molar-refractivity contribution in [2.45, 2.75) is 12.5 Å². The number of esters is 2. The molecule has 0 aliphatic rings. The van der Waals surface area contributed by atoms with Crippen molar-refractivity contribution in [2.24, 2.45) is 0 Å². The molecule has 0 heterocycles. The van der Waals surface area contributed by atoms with Crippen LogP contribution in [0.3, 0.4) is 0 Å². The van der Waals surface area contributed by atoms with Gasteiger partial charge in [0.25, 0.3) is 5.91 Å². The molecule has 0 saturated carbocycles. The molecule has 116 valence electrons. The van der Waals surface area contributed by atoms with E-state index in [1.54, 1.807) is 12.1 Å². The lowest BCUT2D eigenvalue weighted by molar-refractivity contribution is -0.149. The summed E-state index contributed by atoms with van der Waals surface area (Å²) in [4.78, 5) is 34.7. The number of nitrogens with one attached hydrogen (secondary N) is 1. The first-order valence-corrected chi connectivity index (χ1v) is 5.79. The van der Waals surface area contributed by atoms with Crippen molar-refractivity contribution in [3.63, 3.8) is 0 Å². The van der Waals surface area contributed by atoms with Gasteiger partial charge in [0.2, 0.25) is 0 Å². The Labute approximate surface area is 128 Å². The molecule has 1 rings (SSSR count). The normalized spacial score (nSPS) is 10.8. The number of rotatable bonds is 5. The largest absolute Gasteiger partial charge is 0.469 e. The third-order valence-electron chi connectivity index (χ3n) is 2.54. The van der Waals surface area contributed by atoms with Crippen LogP contribution in [-0.2, 0) is 19.1 Å². The standard InChI is InChI=1S/C13H16N2O5.ClH/c1-19-11(16)7-10(13(18)20-2)15-12(17)8-4-3-5-9(14)6-8;/h3-6,10H,7,14H2,1-2H3,(H,15,17);1H. The molecule has 7 nitrogen and oxygen atoms in total.